The Hall–Kier alpha value is -1.40. The van der Waals surface area contributed by atoms with Crippen molar-refractivity contribution in [2.24, 2.45) is 17.8 Å². The summed E-state index contributed by atoms with van der Waals surface area (Å²) in [6.45, 7) is 5.27. The third-order valence-corrected chi connectivity index (χ3v) is 6.51. The summed E-state index contributed by atoms with van der Waals surface area (Å²) in [6.07, 6.45) is 0. The van der Waals surface area contributed by atoms with E-state index in [1.54, 1.807) is 18.2 Å². The Balaban J connectivity index is 1.87. The highest BCUT2D eigenvalue weighted by Crippen LogP contribution is 2.35. The fraction of sp³-hybridized carbons (Fsp3) is 0.533. The van der Waals surface area contributed by atoms with Crippen LogP contribution in [0.3, 0.4) is 0 Å². The van der Waals surface area contributed by atoms with E-state index in [-0.39, 0.29) is 23.7 Å². The molecule has 0 aliphatic carbocycles. The standard InChI is InChI=1S/C15H20N2O3S/c1-10-4-3-5-13(6-10)21(19,20)17-8-12-7-16-15(18)11(2)14(12)9-17/h3-6,11-12,14H,7-9H2,1-2H3,(H,16,18)/t11-,12-,14-/m0/s1. The van der Waals surface area contributed by atoms with E-state index in [1.165, 1.54) is 4.31 Å². The van der Waals surface area contributed by atoms with Gasteiger partial charge in [0.2, 0.25) is 15.9 Å². The minimum absolute atomic E-state index is 0.0334. The maximum atomic E-state index is 12.7. The Morgan fingerprint density at radius 3 is 2.76 bits per heavy atom. The van der Waals surface area contributed by atoms with E-state index in [2.05, 4.69) is 5.32 Å². The van der Waals surface area contributed by atoms with Crippen LogP contribution in [0.5, 0.6) is 0 Å². The number of benzene rings is 1. The molecule has 1 aromatic carbocycles. The second-order valence-electron chi connectivity index (χ2n) is 6.10. The molecule has 6 heteroatoms. The molecule has 2 heterocycles. The van der Waals surface area contributed by atoms with Crippen molar-refractivity contribution in [3.05, 3.63) is 29.8 Å². The minimum Gasteiger partial charge on any atom is -0.356 e. The number of piperidine rings is 1. The largest absolute Gasteiger partial charge is 0.356 e. The van der Waals surface area contributed by atoms with E-state index in [0.29, 0.717) is 24.5 Å². The lowest BCUT2D eigenvalue weighted by atomic mass is 9.81. The second kappa shape index (κ2) is 5.10. The Labute approximate surface area is 125 Å². The predicted molar refractivity (Wildman–Crippen MR) is 79.1 cm³/mol. The molecule has 114 valence electrons. The monoisotopic (exact) mass is 308 g/mol. The van der Waals surface area contributed by atoms with Crippen LogP contribution in [-0.4, -0.2) is 38.3 Å². The first-order valence-electron chi connectivity index (χ1n) is 7.24. The minimum atomic E-state index is -3.47. The number of rotatable bonds is 2. The van der Waals surface area contributed by atoms with Crippen LogP contribution in [-0.2, 0) is 14.8 Å². The molecule has 0 spiro atoms. The van der Waals surface area contributed by atoms with Crippen molar-refractivity contribution in [3.8, 4) is 0 Å². The molecule has 5 nitrogen and oxygen atoms in total. The van der Waals surface area contributed by atoms with Crippen LogP contribution in [0.2, 0.25) is 0 Å². The summed E-state index contributed by atoms with van der Waals surface area (Å²) in [7, 11) is -3.47. The third kappa shape index (κ3) is 2.46. The Morgan fingerprint density at radius 2 is 2.05 bits per heavy atom. The zero-order valence-electron chi connectivity index (χ0n) is 12.2. The number of hydrogen-bond donors (Lipinski definition) is 1. The molecule has 1 aromatic rings. The maximum absolute atomic E-state index is 12.7. The first kappa shape index (κ1) is 14.5. The van der Waals surface area contributed by atoms with Gasteiger partial charge in [-0.1, -0.05) is 19.1 Å². The molecule has 0 unspecified atom stereocenters. The van der Waals surface area contributed by atoms with Crippen molar-refractivity contribution in [1.29, 1.82) is 0 Å². The quantitative estimate of drug-likeness (QED) is 0.886. The fourth-order valence-electron chi connectivity index (χ4n) is 3.35. The molecule has 21 heavy (non-hydrogen) atoms. The van der Waals surface area contributed by atoms with Gasteiger partial charge >= 0.3 is 0 Å². The van der Waals surface area contributed by atoms with E-state index in [1.807, 2.05) is 19.9 Å². The van der Waals surface area contributed by atoms with E-state index >= 15 is 0 Å². The van der Waals surface area contributed by atoms with E-state index in [4.69, 9.17) is 0 Å². The molecule has 3 rings (SSSR count). The van der Waals surface area contributed by atoms with E-state index in [0.717, 1.165) is 5.56 Å². The summed E-state index contributed by atoms with van der Waals surface area (Å²) < 4.78 is 27.0. The molecule has 3 atom stereocenters. The number of carbonyl (C=O) groups is 1. The molecule has 2 aliphatic heterocycles. The SMILES string of the molecule is Cc1cccc(S(=O)(=O)N2C[C@@H]3CNC(=O)[C@@H](C)[C@@H]3C2)c1. The van der Waals surface area contributed by atoms with Gasteiger partial charge in [0.1, 0.15) is 0 Å². The fourth-order valence-corrected chi connectivity index (χ4v) is 4.99. The molecule has 0 radical (unpaired) electrons. The maximum Gasteiger partial charge on any atom is 0.243 e. The first-order valence-corrected chi connectivity index (χ1v) is 8.68. The summed E-state index contributed by atoms with van der Waals surface area (Å²) in [5.41, 5.74) is 0.929. The van der Waals surface area contributed by atoms with Crippen LogP contribution >= 0.6 is 0 Å². The number of amides is 1. The number of sulfonamides is 1. The zero-order chi connectivity index (χ0) is 15.2. The van der Waals surface area contributed by atoms with E-state index in [9.17, 15) is 13.2 Å². The van der Waals surface area contributed by atoms with Gasteiger partial charge in [0.25, 0.3) is 0 Å². The zero-order valence-corrected chi connectivity index (χ0v) is 13.1. The number of hydrogen-bond acceptors (Lipinski definition) is 3. The number of aryl methyl sites for hydroxylation is 1. The molecular weight excluding hydrogens is 288 g/mol. The van der Waals surface area contributed by atoms with Crippen LogP contribution in [0.1, 0.15) is 12.5 Å². The molecule has 0 saturated carbocycles. The van der Waals surface area contributed by atoms with Crippen LogP contribution in [0, 0.1) is 24.7 Å². The van der Waals surface area contributed by atoms with Crippen molar-refractivity contribution in [3.63, 3.8) is 0 Å². The summed E-state index contributed by atoms with van der Waals surface area (Å²) in [5.74, 6) is 0.253. The molecule has 2 aliphatic rings. The van der Waals surface area contributed by atoms with Crippen LogP contribution in [0.25, 0.3) is 0 Å². The first-order chi connectivity index (χ1) is 9.89. The number of carbonyl (C=O) groups excluding carboxylic acids is 1. The van der Waals surface area contributed by atoms with Crippen LogP contribution < -0.4 is 5.32 Å². The summed E-state index contributed by atoms with van der Waals surface area (Å²) >= 11 is 0. The lowest BCUT2D eigenvalue weighted by molar-refractivity contribution is -0.128. The molecule has 1 N–H and O–H groups in total. The summed E-state index contributed by atoms with van der Waals surface area (Å²) in [6, 6.07) is 6.98. The highest BCUT2D eigenvalue weighted by molar-refractivity contribution is 7.89. The Morgan fingerprint density at radius 1 is 1.29 bits per heavy atom. The molecule has 1 amide bonds. The summed E-state index contributed by atoms with van der Waals surface area (Å²) in [4.78, 5) is 12.1. The van der Waals surface area contributed by atoms with Crippen molar-refractivity contribution in [1.82, 2.24) is 9.62 Å². The molecule has 0 bridgehead atoms. The number of fused-ring (bicyclic) bond motifs is 1. The Kier molecular flexibility index (Phi) is 3.53. The molecule has 2 fully saturated rings. The number of nitrogens with zero attached hydrogens (tertiary/aromatic N) is 1. The molecule has 2 saturated heterocycles. The van der Waals surface area contributed by atoms with Gasteiger partial charge in [0.15, 0.2) is 0 Å². The smallest absolute Gasteiger partial charge is 0.243 e. The van der Waals surface area contributed by atoms with E-state index < -0.39 is 10.0 Å². The second-order valence-corrected chi connectivity index (χ2v) is 8.03. The molecule has 0 aromatic heterocycles. The lowest BCUT2D eigenvalue weighted by Gasteiger charge is -2.29. The number of nitrogens with one attached hydrogen (secondary N) is 1. The van der Waals surface area contributed by atoms with Gasteiger partial charge in [-0.2, -0.15) is 4.31 Å². The highest BCUT2D eigenvalue weighted by atomic mass is 32.2. The van der Waals surface area contributed by atoms with Gasteiger partial charge < -0.3 is 5.32 Å². The van der Waals surface area contributed by atoms with Crippen molar-refractivity contribution in [2.45, 2.75) is 18.7 Å². The van der Waals surface area contributed by atoms with Gasteiger partial charge in [0, 0.05) is 25.6 Å². The average Bonchev–Trinajstić information content (AvgIpc) is 2.88. The average molecular weight is 308 g/mol. The van der Waals surface area contributed by atoms with Gasteiger partial charge in [0.05, 0.1) is 4.90 Å². The van der Waals surface area contributed by atoms with Crippen molar-refractivity contribution < 1.29 is 13.2 Å². The normalized spacial score (nSPS) is 30.0. The summed E-state index contributed by atoms with van der Waals surface area (Å²) in [5, 5.41) is 2.86. The lowest BCUT2D eigenvalue weighted by Crippen LogP contribution is -2.46. The van der Waals surface area contributed by atoms with Gasteiger partial charge in [-0.3, -0.25) is 4.79 Å². The topological polar surface area (TPSA) is 66.5 Å². The van der Waals surface area contributed by atoms with Crippen molar-refractivity contribution >= 4 is 15.9 Å². The van der Waals surface area contributed by atoms with Crippen LogP contribution in [0.15, 0.2) is 29.2 Å². The van der Waals surface area contributed by atoms with Gasteiger partial charge in [-0.25, -0.2) is 8.42 Å². The van der Waals surface area contributed by atoms with Crippen molar-refractivity contribution in [2.75, 3.05) is 19.6 Å². The van der Waals surface area contributed by atoms with Crippen LogP contribution in [0.4, 0.5) is 0 Å². The van der Waals surface area contributed by atoms with Gasteiger partial charge in [-0.15, -0.1) is 0 Å². The molecular formula is C15H20N2O3S. The highest BCUT2D eigenvalue weighted by Gasteiger charge is 2.45. The van der Waals surface area contributed by atoms with Gasteiger partial charge in [-0.05, 0) is 36.5 Å². The predicted octanol–water partition coefficient (Wildman–Crippen LogP) is 0.998. The third-order valence-electron chi connectivity index (χ3n) is 4.68. The Bertz CT molecular complexity index is 671.